The molecule has 0 saturated carbocycles. The number of halogens is 3. The zero-order valence-electron chi connectivity index (χ0n) is 16.5. The van der Waals surface area contributed by atoms with E-state index in [0.29, 0.717) is 27.2 Å². The van der Waals surface area contributed by atoms with Gasteiger partial charge in [0.1, 0.15) is 5.76 Å². The van der Waals surface area contributed by atoms with E-state index < -0.39 is 0 Å². The van der Waals surface area contributed by atoms with Crippen molar-refractivity contribution in [2.75, 3.05) is 13.7 Å². The second-order valence-electron chi connectivity index (χ2n) is 6.65. The molecule has 146 valence electrons. The van der Waals surface area contributed by atoms with Crippen molar-refractivity contribution in [3.63, 3.8) is 0 Å². The maximum atomic E-state index is 6.53. The number of likely N-dealkylation sites (tertiary alicyclic amines) is 1. The van der Waals surface area contributed by atoms with Crippen molar-refractivity contribution in [3.05, 3.63) is 80.3 Å². The molecule has 1 heterocycles. The molecule has 2 rings (SSSR count). The first-order valence-electron chi connectivity index (χ1n) is 8.93. The highest BCUT2D eigenvalue weighted by molar-refractivity contribution is 6.44. The lowest BCUT2D eigenvalue weighted by atomic mass is 9.75. The van der Waals surface area contributed by atoms with E-state index >= 15 is 0 Å². The molecule has 0 amide bonds. The summed E-state index contributed by atoms with van der Waals surface area (Å²) >= 11 is 19.3. The Morgan fingerprint density at radius 3 is 2.33 bits per heavy atom. The van der Waals surface area contributed by atoms with E-state index in [-0.39, 0.29) is 5.41 Å². The fourth-order valence-corrected chi connectivity index (χ4v) is 4.53. The van der Waals surface area contributed by atoms with Crippen molar-refractivity contribution in [1.82, 2.24) is 4.90 Å². The minimum atomic E-state index is -0.355. The van der Waals surface area contributed by atoms with E-state index in [9.17, 15) is 0 Å². The van der Waals surface area contributed by atoms with Crippen LogP contribution in [0.1, 0.15) is 33.3 Å². The maximum Gasteiger partial charge on any atom is 0.112 e. The fraction of sp³-hybridized carbons (Fsp3) is 0.364. The summed E-state index contributed by atoms with van der Waals surface area (Å²) in [6.07, 6.45) is 6.88. The van der Waals surface area contributed by atoms with Crippen LogP contribution in [0.4, 0.5) is 0 Å². The van der Waals surface area contributed by atoms with E-state index in [1.165, 1.54) is 5.70 Å². The van der Waals surface area contributed by atoms with Crippen LogP contribution in [0.25, 0.3) is 0 Å². The fourth-order valence-electron chi connectivity index (χ4n) is 3.84. The van der Waals surface area contributed by atoms with Crippen molar-refractivity contribution in [3.8, 4) is 0 Å². The zero-order chi connectivity index (χ0) is 20.4. The maximum absolute atomic E-state index is 6.53. The molecule has 0 aliphatic carbocycles. The van der Waals surface area contributed by atoms with E-state index in [4.69, 9.17) is 39.5 Å². The molecule has 0 spiro atoms. The third kappa shape index (κ3) is 3.94. The quantitative estimate of drug-likeness (QED) is 0.358. The molecule has 0 bridgehead atoms. The third-order valence-corrected chi connectivity index (χ3v) is 6.31. The van der Waals surface area contributed by atoms with Crippen molar-refractivity contribution in [2.45, 2.75) is 34.1 Å². The highest BCUT2D eigenvalue weighted by atomic mass is 35.5. The zero-order valence-corrected chi connectivity index (χ0v) is 18.8. The summed E-state index contributed by atoms with van der Waals surface area (Å²) in [5.41, 5.74) is 3.95. The summed E-state index contributed by atoms with van der Waals surface area (Å²) in [7, 11) is 1.62. The van der Waals surface area contributed by atoms with Crippen LogP contribution < -0.4 is 0 Å². The Morgan fingerprint density at radius 1 is 1.19 bits per heavy atom. The first kappa shape index (κ1) is 21.9. The summed E-state index contributed by atoms with van der Waals surface area (Å²) in [6.45, 7) is 13.3. The lowest BCUT2D eigenvalue weighted by Gasteiger charge is -2.30. The van der Waals surface area contributed by atoms with Crippen molar-refractivity contribution >= 4 is 34.8 Å². The van der Waals surface area contributed by atoms with E-state index in [1.54, 1.807) is 19.2 Å². The number of hydrogen-bond donors (Lipinski definition) is 0. The largest absolute Gasteiger partial charge is 0.497 e. The molecule has 1 aromatic carbocycles. The first-order valence-corrected chi connectivity index (χ1v) is 10.1. The number of hydrogen-bond acceptors (Lipinski definition) is 2. The summed E-state index contributed by atoms with van der Waals surface area (Å²) in [5.74, 6) is 0.604. The molecular formula is C22H26Cl3NO. The Balaban J connectivity index is 2.73. The summed E-state index contributed by atoms with van der Waals surface area (Å²) in [5, 5.41) is 1.62. The van der Waals surface area contributed by atoms with Crippen LogP contribution in [0.15, 0.2) is 59.7 Å². The van der Waals surface area contributed by atoms with E-state index in [1.807, 2.05) is 13.0 Å². The molecule has 2 nitrogen and oxygen atoms in total. The van der Waals surface area contributed by atoms with Gasteiger partial charge in [-0.15, -0.1) is 0 Å². The van der Waals surface area contributed by atoms with Gasteiger partial charge >= 0.3 is 0 Å². The molecule has 1 saturated heterocycles. The molecule has 1 unspecified atom stereocenters. The number of rotatable bonds is 5. The Morgan fingerprint density at radius 2 is 1.81 bits per heavy atom. The Bertz CT molecular complexity index is 838. The van der Waals surface area contributed by atoms with Gasteiger partial charge in [0.05, 0.1) is 17.2 Å². The van der Waals surface area contributed by atoms with Crippen LogP contribution in [-0.4, -0.2) is 18.6 Å². The molecule has 1 aliphatic rings. The predicted octanol–water partition coefficient (Wildman–Crippen LogP) is 7.43. The lowest BCUT2D eigenvalue weighted by Crippen LogP contribution is -2.25. The van der Waals surface area contributed by atoms with Crippen LogP contribution in [-0.2, 0) is 11.2 Å². The molecular weight excluding hydrogens is 401 g/mol. The number of likely N-dealkylation sites (N-methyl/N-ethyl adjacent to an activating group) is 1. The lowest BCUT2D eigenvalue weighted by molar-refractivity contribution is 0.307. The second kappa shape index (κ2) is 8.77. The number of ether oxygens (including phenoxy) is 1. The number of methoxy groups -OCH3 is 1. The number of allylic oxidation sites excluding steroid dienone is 5. The molecule has 0 radical (unpaired) electrons. The second-order valence-corrected chi connectivity index (χ2v) is 7.84. The average molecular weight is 427 g/mol. The normalized spacial score (nSPS) is 24.3. The molecule has 1 atom stereocenters. The Kier molecular flexibility index (Phi) is 7.13. The molecule has 1 aromatic rings. The Labute approximate surface area is 177 Å². The van der Waals surface area contributed by atoms with Crippen LogP contribution >= 0.6 is 34.8 Å². The van der Waals surface area contributed by atoms with Gasteiger partial charge < -0.3 is 9.64 Å². The van der Waals surface area contributed by atoms with Gasteiger partial charge in [-0.3, -0.25) is 0 Å². The van der Waals surface area contributed by atoms with Crippen LogP contribution in [0.3, 0.4) is 0 Å². The summed E-state index contributed by atoms with van der Waals surface area (Å²) < 4.78 is 5.34. The van der Waals surface area contributed by atoms with Crippen LogP contribution in [0.2, 0.25) is 15.1 Å². The summed E-state index contributed by atoms with van der Waals surface area (Å²) in [4.78, 5) is 2.31. The van der Waals surface area contributed by atoms with Gasteiger partial charge in [-0.05, 0) is 63.5 Å². The average Bonchev–Trinajstić information content (AvgIpc) is 2.88. The highest BCUT2D eigenvalue weighted by Crippen LogP contribution is 2.53. The minimum Gasteiger partial charge on any atom is -0.497 e. The topological polar surface area (TPSA) is 12.5 Å². The van der Waals surface area contributed by atoms with Gasteiger partial charge in [-0.25, -0.2) is 0 Å². The highest BCUT2D eigenvalue weighted by Gasteiger charge is 2.45. The molecule has 0 aromatic heterocycles. The molecule has 1 fully saturated rings. The predicted molar refractivity (Wildman–Crippen MR) is 117 cm³/mol. The van der Waals surface area contributed by atoms with Crippen molar-refractivity contribution in [1.29, 1.82) is 0 Å². The van der Waals surface area contributed by atoms with Gasteiger partial charge in [0, 0.05) is 28.4 Å². The van der Waals surface area contributed by atoms with Crippen molar-refractivity contribution in [2.24, 2.45) is 5.41 Å². The Hall–Kier alpha value is -1.35. The van der Waals surface area contributed by atoms with Gasteiger partial charge in [0.2, 0.25) is 0 Å². The van der Waals surface area contributed by atoms with E-state index in [2.05, 4.69) is 44.4 Å². The summed E-state index contributed by atoms with van der Waals surface area (Å²) in [6, 6.07) is 3.52. The van der Waals surface area contributed by atoms with Crippen LogP contribution in [0, 0.1) is 5.41 Å². The third-order valence-electron chi connectivity index (χ3n) is 5.12. The standard InChI is InChI=1S/C22H26Cl3NO/c1-7-19-16(12-14(4)27-6)22(5,20(8-2)26(19)9-3)13-15-17(23)10-11-18(24)21(15)25/h7-8,10-12H,4,9,13H2,1-3,5-6H3/b16-12+,19-7+,20-8-. The van der Waals surface area contributed by atoms with Crippen LogP contribution in [0.5, 0.6) is 0 Å². The van der Waals surface area contributed by atoms with Gasteiger partial charge in [-0.2, -0.15) is 0 Å². The molecule has 1 aliphatic heterocycles. The number of benzene rings is 1. The molecule has 5 heteroatoms. The SMILES string of the molecule is C=C(/C=C1\C(=C/C)N(CC)/C(=C\C)C1(C)Cc1c(Cl)ccc(Cl)c1Cl)OC. The van der Waals surface area contributed by atoms with Gasteiger partial charge in [0.15, 0.2) is 0 Å². The molecule has 0 N–H and O–H groups in total. The van der Waals surface area contributed by atoms with Gasteiger partial charge in [0.25, 0.3) is 0 Å². The number of nitrogens with zero attached hydrogens (tertiary/aromatic N) is 1. The van der Waals surface area contributed by atoms with E-state index in [0.717, 1.165) is 23.4 Å². The van der Waals surface area contributed by atoms with Crippen molar-refractivity contribution < 1.29 is 4.74 Å². The first-order chi connectivity index (χ1) is 12.7. The van der Waals surface area contributed by atoms with Gasteiger partial charge in [-0.1, -0.05) is 53.5 Å². The monoisotopic (exact) mass is 425 g/mol. The minimum absolute atomic E-state index is 0.355. The smallest absolute Gasteiger partial charge is 0.112 e. The molecule has 27 heavy (non-hydrogen) atoms.